The SMILES string of the molecule is COc1ccccc1C(=O)NC(=Cc1ccc2c(c1)OCO2)C(=O)NC(CC(C)C)C(=O)O. The molecule has 3 N–H and O–H groups in total. The van der Waals surface area contributed by atoms with Crippen molar-refractivity contribution >= 4 is 23.9 Å². The zero-order valence-corrected chi connectivity index (χ0v) is 18.6. The van der Waals surface area contributed by atoms with Gasteiger partial charge in [-0.25, -0.2) is 4.79 Å². The number of amides is 2. The van der Waals surface area contributed by atoms with Crippen LogP contribution in [0.3, 0.4) is 0 Å². The second-order valence-corrected chi connectivity index (χ2v) is 7.82. The molecule has 9 heteroatoms. The van der Waals surface area contributed by atoms with Crippen molar-refractivity contribution in [2.75, 3.05) is 13.9 Å². The Hall–Kier alpha value is -4.01. The molecule has 33 heavy (non-hydrogen) atoms. The predicted molar refractivity (Wildman–Crippen MR) is 120 cm³/mol. The Morgan fingerprint density at radius 3 is 2.55 bits per heavy atom. The van der Waals surface area contributed by atoms with E-state index in [4.69, 9.17) is 14.2 Å². The van der Waals surface area contributed by atoms with Crippen molar-refractivity contribution in [3.63, 3.8) is 0 Å². The number of hydrogen-bond acceptors (Lipinski definition) is 6. The van der Waals surface area contributed by atoms with Crippen LogP contribution >= 0.6 is 0 Å². The van der Waals surface area contributed by atoms with E-state index in [2.05, 4.69) is 10.6 Å². The van der Waals surface area contributed by atoms with Crippen LogP contribution in [0.4, 0.5) is 0 Å². The van der Waals surface area contributed by atoms with Crippen LogP contribution in [0.25, 0.3) is 6.08 Å². The van der Waals surface area contributed by atoms with Crippen LogP contribution in [0.1, 0.15) is 36.2 Å². The Morgan fingerprint density at radius 1 is 1.12 bits per heavy atom. The fourth-order valence-corrected chi connectivity index (χ4v) is 3.28. The van der Waals surface area contributed by atoms with Gasteiger partial charge in [-0.3, -0.25) is 9.59 Å². The minimum absolute atomic E-state index is 0.0378. The van der Waals surface area contributed by atoms with Gasteiger partial charge < -0.3 is 30.0 Å². The van der Waals surface area contributed by atoms with Gasteiger partial charge in [-0.05, 0) is 48.2 Å². The number of carbonyl (C=O) groups excluding carboxylic acids is 2. The number of fused-ring (bicyclic) bond motifs is 1. The molecule has 1 atom stereocenters. The normalized spacial score (nSPS) is 13.4. The third-order valence-electron chi connectivity index (χ3n) is 4.86. The van der Waals surface area contributed by atoms with E-state index in [0.29, 0.717) is 22.8 Å². The van der Waals surface area contributed by atoms with Gasteiger partial charge in [-0.1, -0.05) is 32.0 Å². The molecule has 0 spiro atoms. The van der Waals surface area contributed by atoms with Crippen molar-refractivity contribution in [3.8, 4) is 17.2 Å². The number of hydrogen-bond donors (Lipinski definition) is 3. The molecule has 9 nitrogen and oxygen atoms in total. The van der Waals surface area contributed by atoms with Crippen LogP contribution in [0.2, 0.25) is 0 Å². The standard InChI is InChI=1S/C24H26N2O7/c1-14(2)10-18(24(29)30)26-23(28)17(11-15-8-9-20-21(12-15)33-13-32-20)25-22(27)16-6-4-5-7-19(16)31-3/h4-9,11-12,14,18H,10,13H2,1-3H3,(H,25,27)(H,26,28)(H,29,30). The van der Waals surface area contributed by atoms with Crippen LogP contribution in [0.5, 0.6) is 17.2 Å². The van der Waals surface area contributed by atoms with E-state index in [0.717, 1.165) is 0 Å². The first-order chi connectivity index (χ1) is 15.8. The third-order valence-corrected chi connectivity index (χ3v) is 4.86. The molecule has 0 aliphatic carbocycles. The minimum Gasteiger partial charge on any atom is -0.496 e. The van der Waals surface area contributed by atoms with Crippen LogP contribution in [-0.4, -0.2) is 42.8 Å². The Labute approximate surface area is 191 Å². The van der Waals surface area contributed by atoms with Gasteiger partial charge in [0.1, 0.15) is 17.5 Å². The van der Waals surface area contributed by atoms with E-state index in [1.165, 1.54) is 13.2 Å². The van der Waals surface area contributed by atoms with E-state index in [1.54, 1.807) is 42.5 Å². The molecule has 0 aromatic heterocycles. The molecule has 0 fully saturated rings. The largest absolute Gasteiger partial charge is 0.496 e. The lowest BCUT2D eigenvalue weighted by Crippen LogP contribution is -2.45. The predicted octanol–water partition coefficient (Wildman–Crippen LogP) is 2.81. The summed E-state index contributed by atoms with van der Waals surface area (Å²) in [4.78, 5) is 37.6. The molecule has 0 saturated heterocycles. The van der Waals surface area contributed by atoms with E-state index in [1.807, 2.05) is 13.8 Å². The Balaban J connectivity index is 1.92. The minimum atomic E-state index is -1.16. The summed E-state index contributed by atoms with van der Waals surface area (Å²) < 4.78 is 15.9. The molecular weight excluding hydrogens is 428 g/mol. The average Bonchev–Trinajstić information content (AvgIpc) is 3.25. The van der Waals surface area contributed by atoms with E-state index >= 15 is 0 Å². The highest BCUT2D eigenvalue weighted by Gasteiger charge is 2.25. The first-order valence-electron chi connectivity index (χ1n) is 10.4. The molecule has 1 aliphatic heterocycles. The molecule has 1 aliphatic rings. The van der Waals surface area contributed by atoms with E-state index < -0.39 is 23.8 Å². The molecule has 2 aromatic rings. The summed E-state index contributed by atoms with van der Waals surface area (Å²) in [5, 5.41) is 14.6. The quantitative estimate of drug-likeness (QED) is 0.498. The van der Waals surface area contributed by atoms with Gasteiger partial charge in [0, 0.05) is 0 Å². The van der Waals surface area contributed by atoms with E-state index in [9.17, 15) is 19.5 Å². The average molecular weight is 454 g/mol. The number of carboxylic acid groups (broad SMARTS) is 1. The number of carbonyl (C=O) groups is 3. The number of methoxy groups -OCH3 is 1. The maximum absolute atomic E-state index is 13.1. The fourth-order valence-electron chi connectivity index (χ4n) is 3.28. The molecule has 2 aromatic carbocycles. The highest BCUT2D eigenvalue weighted by Crippen LogP contribution is 2.33. The fraction of sp³-hybridized carbons (Fsp3) is 0.292. The van der Waals surface area contributed by atoms with Crippen molar-refractivity contribution in [3.05, 3.63) is 59.3 Å². The van der Waals surface area contributed by atoms with Crippen molar-refractivity contribution in [2.24, 2.45) is 5.92 Å². The molecule has 0 radical (unpaired) electrons. The highest BCUT2D eigenvalue weighted by molar-refractivity contribution is 6.07. The van der Waals surface area contributed by atoms with Crippen molar-refractivity contribution in [2.45, 2.75) is 26.3 Å². The lowest BCUT2D eigenvalue weighted by Gasteiger charge is -2.18. The van der Waals surface area contributed by atoms with Crippen LogP contribution in [0, 0.1) is 5.92 Å². The summed E-state index contributed by atoms with van der Waals surface area (Å²) in [5.41, 5.74) is 0.654. The van der Waals surface area contributed by atoms with Gasteiger partial charge in [0.15, 0.2) is 11.5 Å². The summed E-state index contributed by atoms with van der Waals surface area (Å²) in [5.74, 6) is -1.02. The Kier molecular flexibility index (Phi) is 7.55. The molecule has 0 bridgehead atoms. The number of carboxylic acids is 1. The zero-order valence-electron chi connectivity index (χ0n) is 18.6. The monoisotopic (exact) mass is 454 g/mol. The molecule has 1 unspecified atom stereocenters. The molecule has 0 saturated carbocycles. The number of rotatable bonds is 9. The van der Waals surface area contributed by atoms with Crippen molar-refractivity contribution < 1.29 is 33.7 Å². The first kappa shape index (κ1) is 23.6. The second kappa shape index (κ2) is 10.5. The van der Waals surface area contributed by atoms with Gasteiger partial charge >= 0.3 is 5.97 Å². The van der Waals surface area contributed by atoms with E-state index in [-0.39, 0.29) is 30.4 Å². The number of nitrogens with one attached hydrogen (secondary N) is 2. The topological polar surface area (TPSA) is 123 Å². The van der Waals surface area contributed by atoms with Gasteiger partial charge in [-0.15, -0.1) is 0 Å². The van der Waals surface area contributed by atoms with Crippen molar-refractivity contribution in [1.82, 2.24) is 10.6 Å². The first-order valence-corrected chi connectivity index (χ1v) is 10.4. The maximum Gasteiger partial charge on any atom is 0.326 e. The Bertz CT molecular complexity index is 1080. The molecule has 174 valence electrons. The summed E-state index contributed by atoms with van der Waals surface area (Å²) in [6, 6.07) is 10.5. The lowest BCUT2D eigenvalue weighted by atomic mass is 10.0. The third kappa shape index (κ3) is 6.03. The molecule has 3 rings (SSSR count). The lowest BCUT2D eigenvalue weighted by molar-refractivity contribution is -0.141. The molecule has 1 heterocycles. The number of aliphatic carboxylic acids is 1. The van der Waals surface area contributed by atoms with Gasteiger partial charge in [0.25, 0.3) is 11.8 Å². The van der Waals surface area contributed by atoms with Gasteiger partial charge in [-0.2, -0.15) is 0 Å². The summed E-state index contributed by atoms with van der Waals surface area (Å²) in [7, 11) is 1.44. The number of ether oxygens (including phenoxy) is 3. The van der Waals surface area contributed by atoms with Crippen molar-refractivity contribution in [1.29, 1.82) is 0 Å². The summed E-state index contributed by atoms with van der Waals surface area (Å²) >= 11 is 0. The molecular formula is C24H26N2O7. The second-order valence-electron chi connectivity index (χ2n) is 7.82. The maximum atomic E-state index is 13.1. The molecule has 2 amide bonds. The van der Waals surface area contributed by atoms with Crippen LogP contribution < -0.4 is 24.8 Å². The van der Waals surface area contributed by atoms with Crippen LogP contribution in [-0.2, 0) is 9.59 Å². The van der Waals surface area contributed by atoms with Crippen LogP contribution in [0.15, 0.2) is 48.2 Å². The smallest absolute Gasteiger partial charge is 0.326 e. The summed E-state index contributed by atoms with van der Waals surface area (Å²) in [6.07, 6.45) is 1.68. The van der Waals surface area contributed by atoms with Gasteiger partial charge in [0.05, 0.1) is 12.7 Å². The number of benzene rings is 2. The summed E-state index contributed by atoms with van der Waals surface area (Å²) in [6.45, 7) is 3.81. The van der Waals surface area contributed by atoms with Gasteiger partial charge in [0.2, 0.25) is 6.79 Å². The zero-order chi connectivity index (χ0) is 24.0. The Morgan fingerprint density at radius 2 is 1.85 bits per heavy atom. The highest BCUT2D eigenvalue weighted by atomic mass is 16.7. The number of para-hydroxylation sites is 1.